The number of benzene rings is 1. The Balaban J connectivity index is 1.82. The molecular formula is C18H17N3O2S. The van der Waals surface area contributed by atoms with Gasteiger partial charge in [-0.25, -0.2) is 14.8 Å². The minimum absolute atomic E-state index is 0.259. The Morgan fingerprint density at radius 3 is 2.92 bits per heavy atom. The molecule has 6 heteroatoms. The van der Waals surface area contributed by atoms with Crippen molar-refractivity contribution in [3.63, 3.8) is 0 Å². The standard InChI is InChI=1S/C18H17N3O2S/c1-10-19-16(21-12-6-4-5-11(9-12)18(22)23)15-13-7-2-3-8-14(13)24-17(15)20-10/h4-6,9H,2-3,7-8H2,1H3,(H,22,23)(H,19,20,21). The van der Waals surface area contributed by atoms with Crippen molar-refractivity contribution in [1.82, 2.24) is 9.97 Å². The van der Waals surface area contributed by atoms with Crippen LogP contribution >= 0.6 is 11.3 Å². The summed E-state index contributed by atoms with van der Waals surface area (Å²) in [6, 6.07) is 6.81. The van der Waals surface area contributed by atoms with Gasteiger partial charge < -0.3 is 10.4 Å². The molecule has 0 fully saturated rings. The Hall–Kier alpha value is -2.47. The monoisotopic (exact) mass is 339 g/mol. The molecule has 0 saturated carbocycles. The topological polar surface area (TPSA) is 75.1 Å². The molecule has 0 bridgehead atoms. The van der Waals surface area contributed by atoms with Gasteiger partial charge in [0.05, 0.1) is 10.9 Å². The van der Waals surface area contributed by atoms with Crippen LogP contribution in [0.5, 0.6) is 0 Å². The third kappa shape index (κ3) is 2.63. The van der Waals surface area contributed by atoms with Crippen molar-refractivity contribution >= 4 is 39.0 Å². The van der Waals surface area contributed by atoms with Gasteiger partial charge in [0.15, 0.2) is 0 Å². The largest absolute Gasteiger partial charge is 0.478 e. The van der Waals surface area contributed by atoms with Crippen LogP contribution in [0.3, 0.4) is 0 Å². The summed E-state index contributed by atoms with van der Waals surface area (Å²) >= 11 is 1.76. The first-order valence-electron chi connectivity index (χ1n) is 8.01. The first kappa shape index (κ1) is 15.1. The fourth-order valence-corrected chi connectivity index (χ4v) is 4.53. The van der Waals surface area contributed by atoms with E-state index in [1.54, 1.807) is 29.5 Å². The fourth-order valence-electron chi connectivity index (χ4n) is 3.22. The highest BCUT2D eigenvalue weighted by Crippen LogP contribution is 2.39. The van der Waals surface area contributed by atoms with Gasteiger partial charge in [0, 0.05) is 10.6 Å². The maximum Gasteiger partial charge on any atom is 0.335 e. The van der Waals surface area contributed by atoms with Gasteiger partial charge in [-0.15, -0.1) is 11.3 Å². The lowest BCUT2D eigenvalue weighted by atomic mass is 9.97. The van der Waals surface area contributed by atoms with Crippen LogP contribution in [0.2, 0.25) is 0 Å². The van der Waals surface area contributed by atoms with Crippen molar-refractivity contribution in [3.05, 3.63) is 46.1 Å². The molecule has 0 spiro atoms. The summed E-state index contributed by atoms with van der Waals surface area (Å²) in [5, 5.41) is 13.6. The number of carboxylic acid groups (broad SMARTS) is 1. The normalized spacial score (nSPS) is 13.7. The maximum absolute atomic E-state index is 11.2. The number of anilines is 2. The van der Waals surface area contributed by atoms with Gasteiger partial charge in [0.1, 0.15) is 16.5 Å². The predicted octanol–water partition coefficient (Wildman–Crippen LogP) is 4.32. The molecule has 2 aromatic heterocycles. The summed E-state index contributed by atoms with van der Waals surface area (Å²) in [5.74, 6) is 0.563. The molecule has 1 aliphatic rings. The molecule has 0 unspecified atom stereocenters. The fraction of sp³-hybridized carbons (Fsp3) is 0.278. The smallest absolute Gasteiger partial charge is 0.335 e. The number of rotatable bonds is 3. The Labute approximate surface area is 143 Å². The Morgan fingerprint density at radius 2 is 2.08 bits per heavy atom. The third-order valence-corrected chi connectivity index (χ3v) is 5.48. The van der Waals surface area contributed by atoms with Crippen LogP contribution < -0.4 is 5.32 Å². The zero-order valence-corrected chi connectivity index (χ0v) is 14.1. The molecule has 2 heterocycles. The number of fused-ring (bicyclic) bond motifs is 3. The molecule has 0 radical (unpaired) electrons. The molecule has 1 aliphatic carbocycles. The first-order valence-corrected chi connectivity index (χ1v) is 8.83. The van der Waals surface area contributed by atoms with Gasteiger partial charge in [-0.3, -0.25) is 0 Å². The van der Waals surface area contributed by atoms with Gasteiger partial charge in [-0.2, -0.15) is 0 Å². The molecule has 0 atom stereocenters. The Bertz CT molecular complexity index is 949. The van der Waals surface area contributed by atoms with Crippen LogP contribution in [0.4, 0.5) is 11.5 Å². The van der Waals surface area contributed by atoms with Crippen molar-refractivity contribution < 1.29 is 9.90 Å². The van der Waals surface area contributed by atoms with E-state index in [0.717, 1.165) is 40.4 Å². The van der Waals surface area contributed by atoms with E-state index in [0.29, 0.717) is 0 Å². The zero-order valence-electron chi connectivity index (χ0n) is 13.3. The zero-order chi connectivity index (χ0) is 16.7. The van der Waals surface area contributed by atoms with Crippen LogP contribution in [0, 0.1) is 6.92 Å². The second-order valence-electron chi connectivity index (χ2n) is 6.02. The van der Waals surface area contributed by atoms with Crippen LogP contribution in [-0.2, 0) is 12.8 Å². The number of hydrogen-bond donors (Lipinski definition) is 2. The van der Waals surface area contributed by atoms with Crippen molar-refractivity contribution in [3.8, 4) is 0 Å². The lowest BCUT2D eigenvalue weighted by Crippen LogP contribution is -2.03. The predicted molar refractivity (Wildman–Crippen MR) is 95.5 cm³/mol. The molecule has 24 heavy (non-hydrogen) atoms. The highest BCUT2D eigenvalue weighted by atomic mass is 32.1. The third-order valence-electron chi connectivity index (χ3n) is 4.30. The average Bonchev–Trinajstić information content (AvgIpc) is 2.93. The van der Waals surface area contributed by atoms with E-state index >= 15 is 0 Å². The van der Waals surface area contributed by atoms with Gasteiger partial charge in [0.2, 0.25) is 0 Å². The number of nitrogens with zero attached hydrogens (tertiary/aromatic N) is 2. The number of hydrogen-bond acceptors (Lipinski definition) is 5. The quantitative estimate of drug-likeness (QED) is 0.743. The van der Waals surface area contributed by atoms with Gasteiger partial charge in [0.25, 0.3) is 0 Å². The van der Waals surface area contributed by atoms with Crippen LogP contribution in [0.1, 0.15) is 39.5 Å². The molecule has 4 rings (SSSR count). The van der Waals surface area contributed by atoms with E-state index in [1.165, 1.54) is 23.3 Å². The lowest BCUT2D eigenvalue weighted by Gasteiger charge is -2.13. The highest BCUT2D eigenvalue weighted by molar-refractivity contribution is 7.19. The summed E-state index contributed by atoms with van der Waals surface area (Å²) in [5.41, 5.74) is 2.34. The molecule has 122 valence electrons. The number of aromatic carboxylic acids is 1. The van der Waals surface area contributed by atoms with Crippen LogP contribution in [0.25, 0.3) is 10.2 Å². The van der Waals surface area contributed by atoms with Gasteiger partial charge >= 0.3 is 5.97 Å². The summed E-state index contributed by atoms with van der Waals surface area (Å²) < 4.78 is 0. The van der Waals surface area contributed by atoms with Crippen LogP contribution in [-0.4, -0.2) is 21.0 Å². The van der Waals surface area contributed by atoms with Crippen LogP contribution in [0.15, 0.2) is 24.3 Å². The van der Waals surface area contributed by atoms with E-state index in [9.17, 15) is 4.79 Å². The van der Waals surface area contributed by atoms with E-state index in [2.05, 4.69) is 15.3 Å². The van der Waals surface area contributed by atoms with Crippen molar-refractivity contribution in [2.24, 2.45) is 0 Å². The van der Waals surface area contributed by atoms with Crippen molar-refractivity contribution in [2.45, 2.75) is 32.6 Å². The number of aromatic nitrogens is 2. The molecule has 0 aliphatic heterocycles. The molecule has 2 N–H and O–H groups in total. The maximum atomic E-state index is 11.2. The molecule has 3 aromatic rings. The average molecular weight is 339 g/mol. The van der Waals surface area contributed by atoms with E-state index < -0.39 is 5.97 Å². The summed E-state index contributed by atoms with van der Waals surface area (Å²) in [6.07, 6.45) is 4.60. The summed E-state index contributed by atoms with van der Waals surface area (Å²) in [6.45, 7) is 1.89. The van der Waals surface area contributed by atoms with Gasteiger partial charge in [-0.1, -0.05) is 6.07 Å². The van der Waals surface area contributed by atoms with Crippen molar-refractivity contribution in [2.75, 3.05) is 5.32 Å². The Kier molecular flexibility index (Phi) is 3.69. The minimum atomic E-state index is -0.935. The van der Waals surface area contributed by atoms with E-state index in [4.69, 9.17) is 5.11 Å². The number of carbonyl (C=O) groups is 1. The second kappa shape index (κ2) is 5.87. The molecule has 0 saturated heterocycles. The molecule has 5 nitrogen and oxygen atoms in total. The highest BCUT2D eigenvalue weighted by Gasteiger charge is 2.20. The number of carboxylic acids is 1. The number of thiophene rings is 1. The lowest BCUT2D eigenvalue weighted by molar-refractivity contribution is 0.0697. The second-order valence-corrected chi connectivity index (χ2v) is 7.11. The summed E-state index contributed by atoms with van der Waals surface area (Å²) in [4.78, 5) is 22.8. The van der Waals surface area contributed by atoms with Gasteiger partial charge in [-0.05, 0) is 56.4 Å². The van der Waals surface area contributed by atoms with E-state index in [-0.39, 0.29) is 5.56 Å². The van der Waals surface area contributed by atoms with Crippen molar-refractivity contribution in [1.29, 1.82) is 0 Å². The molecular weight excluding hydrogens is 322 g/mol. The number of aryl methyl sites for hydroxylation is 3. The van der Waals surface area contributed by atoms with E-state index in [1.807, 2.05) is 13.0 Å². The minimum Gasteiger partial charge on any atom is -0.478 e. The SMILES string of the molecule is Cc1nc(Nc2cccc(C(=O)O)c2)c2c3c(sc2n1)CCCC3. The molecule has 1 aromatic carbocycles. The first-order chi connectivity index (χ1) is 11.6. The summed E-state index contributed by atoms with van der Waals surface area (Å²) in [7, 11) is 0. The number of nitrogens with one attached hydrogen (secondary N) is 1. The Morgan fingerprint density at radius 1 is 1.25 bits per heavy atom. The molecule has 0 amide bonds.